The normalized spacial score (nSPS) is 18.2. The van der Waals surface area contributed by atoms with Crippen molar-refractivity contribution in [2.24, 2.45) is 0 Å². The lowest BCUT2D eigenvalue weighted by atomic mass is 10.0. The van der Waals surface area contributed by atoms with Gasteiger partial charge in [-0.3, -0.25) is 0 Å². The molecule has 0 bridgehead atoms. The van der Waals surface area contributed by atoms with E-state index in [1.54, 1.807) is 11.3 Å². The molecule has 2 aliphatic rings. The monoisotopic (exact) mass is 407 g/mol. The van der Waals surface area contributed by atoms with Crippen LogP contribution in [0.25, 0.3) is 10.6 Å². The molecule has 1 unspecified atom stereocenters. The van der Waals surface area contributed by atoms with Crippen LogP contribution >= 0.6 is 11.3 Å². The second-order valence-corrected chi connectivity index (χ2v) is 8.57. The molecule has 150 valence electrons. The number of anilines is 1. The van der Waals surface area contributed by atoms with Crippen molar-refractivity contribution >= 4 is 17.0 Å². The standard InChI is InChI=1S/C23H25N3O2S/c1-16-4-7-20(8-5-16)26-10-2-3-18(13-26)24-12-19-14-29-23(25-19)17-6-9-21-22(11-17)28-15-27-21/h4-9,11,14,18,24H,2-3,10,12-13,15H2,1H3. The van der Waals surface area contributed by atoms with Gasteiger partial charge in [0.15, 0.2) is 11.5 Å². The molecule has 3 aromatic rings. The number of nitrogens with one attached hydrogen (secondary N) is 1. The maximum atomic E-state index is 5.48. The minimum atomic E-state index is 0.298. The smallest absolute Gasteiger partial charge is 0.231 e. The van der Waals surface area contributed by atoms with Crippen LogP contribution in [0.3, 0.4) is 0 Å². The first-order chi connectivity index (χ1) is 14.2. The molecule has 2 aromatic carbocycles. The van der Waals surface area contributed by atoms with Gasteiger partial charge in [-0.25, -0.2) is 4.98 Å². The van der Waals surface area contributed by atoms with E-state index >= 15 is 0 Å². The molecule has 1 aromatic heterocycles. The van der Waals surface area contributed by atoms with E-state index in [0.29, 0.717) is 12.8 Å². The molecule has 2 aliphatic heterocycles. The van der Waals surface area contributed by atoms with Gasteiger partial charge in [0.05, 0.1) is 5.69 Å². The first kappa shape index (κ1) is 18.5. The van der Waals surface area contributed by atoms with Crippen molar-refractivity contribution in [1.82, 2.24) is 10.3 Å². The van der Waals surface area contributed by atoms with Gasteiger partial charge in [-0.15, -0.1) is 11.3 Å². The van der Waals surface area contributed by atoms with Gasteiger partial charge in [0.25, 0.3) is 0 Å². The summed E-state index contributed by atoms with van der Waals surface area (Å²) < 4.78 is 10.9. The topological polar surface area (TPSA) is 46.6 Å². The number of rotatable bonds is 5. The third-order valence-corrected chi connectivity index (χ3v) is 6.50. The molecule has 6 heteroatoms. The van der Waals surface area contributed by atoms with Crippen molar-refractivity contribution in [1.29, 1.82) is 0 Å². The lowest BCUT2D eigenvalue weighted by molar-refractivity contribution is 0.174. The third-order valence-electron chi connectivity index (χ3n) is 5.56. The number of ether oxygens (including phenoxy) is 2. The van der Waals surface area contributed by atoms with Crippen LogP contribution in [0.1, 0.15) is 24.1 Å². The summed E-state index contributed by atoms with van der Waals surface area (Å²) in [4.78, 5) is 7.31. The van der Waals surface area contributed by atoms with E-state index in [-0.39, 0.29) is 0 Å². The molecular weight excluding hydrogens is 382 g/mol. The van der Waals surface area contributed by atoms with Gasteiger partial charge < -0.3 is 19.7 Å². The number of aryl methyl sites for hydroxylation is 1. The fraction of sp³-hybridized carbons (Fsp3) is 0.348. The van der Waals surface area contributed by atoms with E-state index in [1.165, 1.54) is 24.1 Å². The van der Waals surface area contributed by atoms with Crippen molar-refractivity contribution in [3.05, 3.63) is 59.1 Å². The lowest BCUT2D eigenvalue weighted by Gasteiger charge is -2.35. The van der Waals surface area contributed by atoms with Crippen LogP contribution in [0, 0.1) is 6.92 Å². The molecule has 0 saturated carbocycles. The van der Waals surface area contributed by atoms with Gasteiger partial charge in [0.2, 0.25) is 6.79 Å². The highest BCUT2D eigenvalue weighted by Crippen LogP contribution is 2.36. The highest BCUT2D eigenvalue weighted by atomic mass is 32.1. The Morgan fingerprint density at radius 2 is 2.00 bits per heavy atom. The van der Waals surface area contributed by atoms with Gasteiger partial charge >= 0.3 is 0 Å². The highest BCUT2D eigenvalue weighted by molar-refractivity contribution is 7.13. The summed E-state index contributed by atoms with van der Waals surface area (Å²) in [7, 11) is 0. The number of hydrogen-bond acceptors (Lipinski definition) is 6. The van der Waals surface area contributed by atoms with Crippen molar-refractivity contribution in [3.63, 3.8) is 0 Å². The summed E-state index contributed by atoms with van der Waals surface area (Å²) in [5.74, 6) is 1.61. The summed E-state index contributed by atoms with van der Waals surface area (Å²) in [6, 6.07) is 15.4. The average molecular weight is 408 g/mol. The van der Waals surface area contributed by atoms with Crippen molar-refractivity contribution in [2.45, 2.75) is 32.4 Å². The fourth-order valence-electron chi connectivity index (χ4n) is 3.93. The van der Waals surface area contributed by atoms with Crippen LogP contribution in [0.5, 0.6) is 11.5 Å². The molecule has 1 N–H and O–H groups in total. The minimum absolute atomic E-state index is 0.298. The van der Waals surface area contributed by atoms with Crippen LogP contribution in [0.15, 0.2) is 47.8 Å². The fourth-order valence-corrected chi connectivity index (χ4v) is 4.75. The van der Waals surface area contributed by atoms with Crippen LogP contribution < -0.4 is 19.7 Å². The molecule has 0 aliphatic carbocycles. The van der Waals surface area contributed by atoms with Crippen molar-refractivity contribution in [3.8, 4) is 22.1 Å². The third kappa shape index (κ3) is 4.09. The van der Waals surface area contributed by atoms with Crippen LogP contribution in [0.4, 0.5) is 5.69 Å². The Hall–Kier alpha value is -2.57. The molecule has 3 heterocycles. The van der Waals surface area contributed by atoms with Crippen LogP contribution in [-0.2, 0) is 6.54 Å². The number of fused-ring (bicyclic) bond motifs is 1. The predicted octanol–water partition coefficient (Wildman–Crippen LogP) is 4.61. The quantitative estimate of drug-likeness (QED) is 0.669. The number of aromatic nitrogens is 1. The Labute approximate surface area is 175 Å². The van der Waals surface area contributed by atoms with Crippen LogP contribution in [-0.4, -0.2) is 30.9 Å². The molecule has 0 amide bonds. The maximum Gasteiger partial charge on any atom is 0.231 e. The predicted molar refractivity (Wildman–Crippen MR) is 117 cm³/mol. The molecule has 0 radical (unpaired) electrons. The number of piperidine rings is 1. The second-order valence-electron chi connectivity index (χ2n) is 7.71. The Kier molecular flexibility index (Phi) is 5.12. The molecule has 1 saturated heterocycles. The Morgan fingerprint density at radius 3 is 2.90 bits per heavy atom. The van der Waals surface area contributed by atoms with E-state index in [1.807, 2.05) is 18.2 Å². The first-order valence-corrected chi connectivity index (χ1v) is 11.0. The number of nitrogens with zero attached hydrogens (tertiary/aromatic N) is 2. The van der Waals surface area contributed by atoms with Gasteiger partial charge in [-0.1, -0.05) is 17.7 Å². The van der Waals surface area contributed by atoms with E-state index < -0.39 is 0 Å². The maximum absolute atomic E-state index is 5.48. The van der Waals surface area contributed by atoms with Gasteiger partial charge in [-0.05, 0) is 50.1 Å². The Balaban J connectivity index is 1.20. The zero-order valence-corrected chi connectivity index (χ0v) is 17.4. The van der Waals surface area contributed by atoms with Crippen LogP contribution in [0.2, 0.25) is 0 Å². The summed E-state index contributed by atoms with van der Waals surface area (Å²) in [5.41, 5.74) is 4.80. The molecule has 29 heavy (non-hydrogen) atoms. The average Bonchev–Trinajstić information content (AvgIpc) is 3.42. The molecule has 5 rings (SSSR count). The van der Waals surface area contributed by atoms with Gasteiger partial charge in [-0.2, -0.15) is 0 Å². The molecule has 1 atom stereocenters. The molecule has 5 nitrogen and oxygen atoms in total. The van der Waals surface area contributed by atoms with E-state index in [4.69, 9.17) is 14.5 Å². The van der Waals surface area contributed by atoms with Gasteiger partial charge in [0, 0.05) is 42.3 Å². The zero-order valence-electron chi connectivity index (χ0n) is 16.6. The van der Waals surface area contributed by atoms with E-state index in [2.05, 4.69) is 46.8 Å². The highest BCUT2D eigenvalue weighted by Gasteiger charge is 2.20. The summed E-state index contributed by atoms with van der Waals surface area (Å²) in [6.45, 7) is 5.41. The lowest BCUT2D eigenvalue weighted by Crippen LogP contribution is -2.45. The zero-order chi connectivity index (χ0) is 19.6. The van der Waals surface area contributed by atoms with Gasteiger partial charge in [0.1, 0.15) is 5.01 Å². The SMILES string of the molecule is Cc1ccc(N2CCCC(NCc3csc(-c4ccc5c(c4)OCO5)n3)C2)cc1. The number of thiazole rings is 1. The molecular formula is C23H25N3O2S. The first-order valence-electron chi connectivity index (χ1n) is 10.1. The van der Waals surface area contributed by atoms with E-state index in [0.717, 1.165) is 47.4 Å². The largest absolute Gasteiger partial charge is 0.454 e. The van der Waals surface area contributed by atoms with Crippen molar-refractivity contribution in [2.75, 3.05) is 24.8 Å². The Bertz CT molecular complexity index is 986. The number of benzene rings is 2. The molecule has 0 spiro atoms. The second kappa shape index (κ2) is 8.05. The molecule has 1 fully saturated rings. The Morgan fingerprint density at radius 1 is 1.14 bits per heavy atom. The van der Waals surface area contributed by atoms with E-state index in [9.17, 15) is 0 Å². The summed E-state index contributed by atoms with van der Waals surface area (Å²) in [5, 5.41) is 6.88. The van der Waals surface area contributed by atoms with Crippen molar-refractivity contribution < 1.29 is 9.47 Å². The number of hydrogen-bond donors (Lipinski definition) is 1. The minimum Gasteiger partial charge on any atom is -0.454 e. The summed E-state index contributed by atoms with van der Waals surface area (Å²) >= 11 is 1.68. The summed E-state index contributed by atoms with van der Waals surface area (Å²) in [6.07, 6.45) is 2.42.